The number of aliphatic carboxylic acids is 1. The molecule has 0 aliphatic heterocycles. The fourth-order valence-electron chi connectivity index (χ4n) is 0.949. The Morgan fingerprint density at radius 1 is 1.38 bits per heavy atom. The number of unbranched alkanes of at least 4 members (excludes halogenated alkanes) is 2. The van der Waals surface area contributed by atoms with Gasteiger partial charge in [0, 0.05) is 13.0 Å². The lowest BCUT2D eigenvalue weighted by molar-refractivity contribution is -0.140. The number of carbonyl (C=O) groups excluding carboxylic acids is 1. The van der Waals surface area contributed by atoms with E-state index in [2.05, 4.69) is 16.6 Å². The maximum Gasteiger partial charge on any atom is 0.328 e. The van der Waals surface area contributed by atoms with Crippen molar-refractivity contribution in [1.82, 2.24) is 10.6 Å². The summed E-state index contributed by atoms with van der Waals surface area (Å²) in [6.07, 6.45) is 7.23. The quantitative estimate of drug-likeness (QED) is 0.350. The van der Waals surface area contributed by atoms with Gasteiger partial charge in [0.05, 0.1) is 6.61 Å². The van der Waals surface area contributed by atoms with Gasteiger partial charge in [-0.1, -0.05) is 0 Å². The second kappa shape index (κ2) is 8.56. The molecular weight excluding hydrogens is 212 g/mol. The number of aliphatic hydroxyl groups excluding tert-OH is 1. The van der Waals surface area contributed by atoms with E-state index in [-0.39, 0.29) is 0 Å². The SMILES string of the molecule is C#CCCCCNC(=O)N[C@H](CO)C(=O)O. The van der Waals surface area contributed by atoms with Crippen LogP contribution in [0, 0.1) is 12.3 Å². The average Bonchev–Trinajstić information content (AvgIpc) is 2.25. The monoisotopic (exact) mass is 228 g/mol. The second-order valence-electron chi connectivity index (χ2n) is 3.13. The van der Waals surface area contributed by atoms with Crippen LogP contribution < -0.4 is 10.6 Å². The van der Waals surface area contributed by atoms with Gasteiger partial charge < -0.3 is 20.8 Å². The second-order valence-corrected chi connectivity index (χ2v) is 3.13. The molecule has 1 atom stereocenters. The van der Waals surface area contributed by atoms with Gasteiger partial charge in [0.1, 0.15) is 0 Å². The van der Waals surface area contributed by atoms with Crippen molar-refractivity contribution in [3.63, 3.8) is 0 Å². The Morgan fingerprint density at radius 2 is 2.06 bits per heavy atom. The molecule has 0 heterocycles. The number of aliphatic hydroxyl groups is 1. The zero-order chi connectivity index (χ0) is 12.4. The number of urea groups is 1. The van der Waals surface area contributed by atoms with Crippen molar-refractivity contribution in [2.45, 2.75) is 25.3 Å². The molecule has 0 bridgehead atoms. The lowest BCUT2D eigenvalue weighted by Crippen LogP contribution is -2.48. The highest BCUT2D eigenvalue weighted by atomic mass is 16.4. The molecule has 0 fully saturated rings. The third-order valence-corrected chi connectivity index (χ3v) is 1.82. The molecule has 0 aromatic carbocycles. The molecule has 0 aromatic heterocycles. The zero-order valence-electron chi connectivity index (χ0n) is 8.90. The first-order chi connectivity index (χ1) is 7.61. The van der Waals surface area contributed by atoms with Gasteiger partial charge in [-0.25, -0.2) is 9.59 Å². The predicted molar refractivity (Wildman–Crippen MR) is 57.7 cm³/mol. The van der Waals surface area contributed by atoms with E-state index in [9.17, 15) is 9.59 Å². The van der Waals surface area contributed by atoms with E-state index >= 15 is 0 Å². The van der Waals surface area contributed by atoms with Gasteiger partial charge in [-0.05, 0) is 12.8 Å². The van der Waals surface area contributed by atoms with E-state index in [1.165, 1.54) is 0 Å². The standard InChI is InChI=1S/C10H16N2O4/c1-2-3-4-5-6-11-10(16)12-8(7-13)9(14)15/h1,8,13H,3-7H2,(H,14,15)(H2,11,12,16)/t8-/m1/s1. The fourth-order valence-corrected chi connectivity index (χ4v) is 0.949. The van der Waals surface area contributed by atoms with Crippen molar-refractivity contribution < 1.29 is 19.8 Å². The zero-order valence-corrected chi connectivity index (χ0v) is 8.90. The number of carboxylic acid groups (broad SMARTS) is 1. The largest absolute Gasteiger partial charge is 0.480 e. The summed E-state index contributed by atoms with van der Waals surface area (Å²) in [7, 11) is 0. The summed E-state index contributed by atoms with van der Waals surface area (Å²) in [5.74, 6) is 1.20. The minimum Gasteiger partial charge on any atom is -0.480 e. The van der Waals surface area contributed by atoms with Gasteiger partial charge in [-0.3, -0.25) is 0 Å². The summed E-state index contributed by atoms with van der Waals surface area (Å²) in [6, 6.07) is -1.88. The summed E-state index contributed by atoms with van der Waals surface area (Å²) in [6.45, 7) is -0.217. The molecule has 0 aliphatic carbocycles. The molecule has 6 heteroatoms. The van der Waals surface area contributed by atoms with Crippen molar-refractivity contribution >= 4 is 12.0 Å². The van der Waals surface area contributed by atoms with Crippen LogP contribution in [0.3, 0.4) is 0 Å². The Morgan fingerprint density at radius 3 is 2.56 bits per heavy atom. The summed E-state index contributed by atoms with van der Waals surface area (Å²) >= 11 is 0. The number of hydrogen-bond donors (Lipinski definition) is 4. The van der Waals surface area contributed by atoms with Crippen LogP contribution in [0.1, 0.15) is 19.3 Å². The van der Waals surface area contributed by atoms with E-state index in [0.29, 0.717) is 13.0 Å². The molecule has 0 spiro atoms. The van der Waals surface area contributed by atoms with Gasteiger partial charge in [-0.15, -0.1) is 12.3 Å². The Kier molecular flexibility index (Phi) is 7.63. The fraction of sp³-hybridized carbons (Fsp3) is 0.600. The van der Waals surface area contributed by atoms with Crippen molar-refractivity contribution in [3.8, 4) is 12.3 Å². The van der Waals surface area contributed by atoms with E-state index in [4.69, 9.17) is 16.6 Å². The molecular formula is C10H16N2O4. The first-order valence-corrected chi connectivity index (χ1v) is 4.93. The van der Waals surface area contributed by atoms with Crippen molar-refractivity contribution in [2.24, 2.45) is 0 Å². The van der Waals surface area contributed by atoms with Crippen LogP contribution in [0.4, 0.5) is 4.79 Å². The van der Waals surface area contributed by atoms with E-state index in [1.807, 2.05) is 0 Å². The highest BCUT2D eigenvalue weighted by Gasteiger charge is 2.17. The summed E-state index contributed by atoms with van der Waals surface area (Å²) in [4.78, 5) is 21.6. The maximum atomic E-state index is 11.1. The molecule has 0 aromatic rings. The molecule has 0 unspecified atom stereocenters. The van der Waals surface area contributed by atoms with Gasteiger partial charge in [0.25, 0.3) is 0 Å². The molecule has 0 saturated carbocycles. The van der Waals surface area contributed by atoms with E-state index in [1.54, 1.807) is 0 Å². The number of carboxylic acids is 1. The number of terminal acetylenes is 1. The van der Waals surface area contributed by atoms with Gasteiger partial charge in [0.2, 0.25) is 0 Å². The van der Waals surface area contributed by atoms with Crippen LogP contribution in [0.2, 0.25) is 0 Å². The van der Waals surface area contributed by atoms with Crippen LogP contribution in [0.25, 0.3) is 0 Å². The molecule has 0 aliphatic rings. The van der Waals surface area contributed by atoms with E-state index in [0.717, 1.165) is 12.8 Å². The van der Waals surface area contributed by atoms with Gasteiger partial charge in [-0.2, -0.15) is 0 Å². The molecule has 6 nitrogen and oxygen atoms in total. The topological polar surface area (TPSA) is 98.7 Å². The smallest absolute Gasteiger partial charge is 0.328 e. The Hall–Kier alpha value is -1.74. The summed E-state index contributed by atoms with van der Waals surface area (Å²) in [5, 5.41) is 21.8. The molecule has 0 saturated heterocycles. The lowest BCUT2D eigenvalue weighted by Gasteiger charge is -2.12. The number of hydrogen-bond acceptors (Lipinski definition) is 3. The molecule has 4 N–H and O–H groups in total. The van der Waals surface area contributed by atoms with Crippen LogP contribution in [-0.4, -0.2) is 41.4 Å². The first kappa shape index (κ1) is 14.3. The van der Waals surface area contributed by atoms with Gasteiger partial charge >= 0.3 is 12.0 Å². The lowest BCUT2D eigenvalue weighted by atomic mass is 10.2. The van der Waals surface area contributed by atoms with Crippen LogP contribution in [-0.2, 0) is 4.79 Å². The molecule has 16 heavy (non-hydrogen) atoms. The number of rotatable bonds is 7. The summed E-state index contributed by atoms with van der Waals surface area (Å²) < 4.78 is 0. The highest BCUT2D eigenvalue weighted by molar-refractivity contribution is 5.82. The maximum absolute atomic E-state index is 11.1. The molecule has 2 amide bonds. The minimum atomic E-state index is -1.27. The number of nitrogens with one attached hydrogen (secondary N) is 2. The Bertz CT molecular complexity index is 272. The minimum absolute atomic E-state index is 0.422. The predicted octanol–water partition coefficient (Wildman–Crippen LogP) is -0.465. The Labute approximate surface area is 94.0 Å². The molecule has 0 radical (unpaired) electrons. The van der Waals surface area contributed by atoms with Crippen LogP contribution in [0.15, 0.2) is 0 Å². The van der Waals surface area contributed by atoms with Crippen molar-refractivity contribution in [2.75, 3.05) is 13.2 Å². The molecule has 90 valence electrons. The highest BCUT2D eigenvalue weighted by Crippen LogP contribution is 1.91. The molecule has 0 rings (SSSR count). The van der Waals surface area contributed by atoms with Gasteiger partial charge in [0.15, 0.2) is 6.04 Å². The third-order valence-electron chi connectivity index (χ3n) is 1.82. The normalized spacial score (nSPS) is 11.2. The third kappa shape index (κ3) is 6.68. The van der Waals surface area contributed by atoms with Crippen LogP contribution >= 0.6 is 0 Å². The van der Waals surface area contributed by atoms with Crippen molar-refractivity contribution in [1.29, 1.82) is 0 Å². The number of carbonyl (C=O) groups is 2. The number of amides is 2. The van der Waals surface area contributed by atoms with Crippen molar-refractivity contribution in [3.05, 3.63) is 0 Å². The van der Waals surface area contributed by atoms with E-state index < -0.39 is 24.6 Å². The average molecular weight is 228 g/mol. The summed E-state index contributed by atoms with van der Waals surface area (Å²) in [5.41, 5.74) is 0. The first-order valence-electron chi connectivity index (χ1n) is 4.93. The Balaban J connectivity index is 3.65. The van der Waals surface area contributed by atoms with Crippen LogP contribution in [0.5, 0.6) is 0 Å².